The summed E-state index contributed by atoms with van der Waals surface area (Å²) in [6.45, 7) is 0. The van der Waals surface area contributed by atoms with Gasteiger partial charge in [-0.2, -0.15) is 0 Å². The number of allylic oxidation sites excluding steroid dienone is 6. The van der Waals surface area contributed by atoms with Gasteiger partial charge in [-0.15, -0.1) is 0 Å². The molecule has 0 N–H and O–H groups in total. The summed E-state index contributed by atoms with van der Waals surface area (Å²) in [7, 11) is 0. The largest absolute Gasteiger partial charge is 0.484 e. The molecule has 2 aliphatic carbocycles. The van der Waals surface area contributed by atoms with E-state index in [4.69, 9.17) is 19.7 Å². The van der Waals surface area contributed by atoms with E-state index in [1.54, 1.807) is 0 Å². The van der Waals surface area contributed by atoms with Gasteiger partial charge in [-0.05, 0) is 46.7 Å². The molecule has 2 atom stereocenters. The molecule has 5 aromatic carbocycles. The number of nitrogens with zero attached hydrogens (tertiary/aromatic N) is 3. The highest BCUT2D eigenvalue weighted by Crippen LogP contribution is 2.48. The number of rotatable bonds is 6. The molecule has 6 aromatic rings. The van der Waals surface area contributed by atoms with Gasteiger partial charge in [0.05, 0.1) is 0 Å². The molecule has 0 bridgehead atoms. The first kappa shape index (κ1) is 29.0. The Bertz CT molecular complexity index is 2280. The van der Waals surface area contributed by atoms with Crippen molar-refractivity contribution in [2.24, 2.45) is 0 Å². The Kier molecular flexibility index (Phi) is 7.39. The minimum atomic E-state index is -0.155. The summed E-state index contributed by atoms with van der Waals surface area (Å²) < 4.78 is 6.75. The van der Waals surface area contributed by atoms with Gasteiger partial charge in [-0.25, -0.2) is 15.0 Å². The van der Waals surface area contributed by atoms with Gasteiger partial charge in [-0.3, -0.25) is 0 Å². The van der Waals surface area contributed by atoms with Crippen LogP contribution in [0.2, 0.25) is 0 Å². The first-order valence-electron chi connectivity index (χ1n) is 16.9. The van der Waals surface area contributed by atoms with Crippen molar-refractivity contribution in [3.8, 4) is 50.8 Å². The van der Waals surface area contributed by atoms with Gasteiger partial charge in [0.15, 0.2) is 17.5 Å². The summed E-state index contributed by atoms with van der Waals surface area (Å²) >= 11 is 0. The average Bonchev–Trinajstić information content (AvgIpc) is 3.57. The molecule has 1 aliphatic heterocycles. The molecule has 0 saturated carbocycles. The normalized spacial score (nSPS) is 17.5. The lowest BCUT2D eigenvalue weighted by atomic mass is 9.88. The third-order valence-corrected chi connectivity index (χ3v) is 9.60. The van der Waals surface area contributed by atoms with Gasteiger partial charge in [0.25, 0.3) is 0 Å². The Labute approximate surface area is 286 Å². The lowest BCUT2D eigenvalue weighted by Crippen LogP contribution is -2.18. The van der Waals surface area contributed by atoms with Crippen LogP contribution in [-0.2, 0) is 0 Å². The smallest absolute Gasteiger partial charge is 0.164 e. The van der Waals surface area contributed by atoms with Crippen LogP contribution in [0.15, 0.2) is 164 Å². The molecule has 0 fully saturated rings. The van der Waals surface area contributed by atoms with Crippen LogP contribution in [0.3, 0.4) is 0 Å². The molecular formula is C45H33N3O. The van der Waals surface area contributed by atoms with E-state index >= 15 is 0 Å². The third kappa shape index (κ3) is 5.62. The van der Waals surface area contributed by atoms with Crippen molar-refractivity contribution in [3.63, 3.8) is 0 Å². The molecule has 9 rings (SSSR count). The number of ether oxygens (including phenoxy) is 1. The SMILES string of the molecule is C1=CCCC(c2ccc(-c3nc(C4=CC5Oc6c(-c7ccc(-c8ccccc8)cc7)cccc6C5C=C4)nc(-c4ccccc4)n3)cc2)=C1. The van der Waals surface area contributed by atoms with Gasteiger partial charge in [0.2, 0.25) is 0 Å². The number of hydrogen-bond donors (Lipinski definition) is 0. The summed E-state index contributed by atoms with van der Waals surface area (Å²) in [5.74, 6) is 3.00. The fourth-order valence-electron chi connectivity index (χ4n) is 7.00. The molecule has 2 unspecified atom stereocenters. The van der Waals surface area contributed by atoms with Crippen LogP contribution < -0.4 is 4.74 Å². The predicted molar refractivity (Wildman–Crippen MR) is 199 cm³/mol. The van der Waals surface area contributed by atoms with Gasteiger partial charge in [0.1, 0.15) is 11.9 Å². The lowest BCUT2D eigenvalue weighted by Gasteiger charge is -2.18. The van der Waals surface area contributed by atoms with Crippen LogP contribution in [0, 0.1) is 0 Å². The molecule has 49 heavy (non-hydrogen) atoms. The molecule has 2 heterocycles. The topological polar surface area (TPSA) is 47.9 Å². The molecule has 0 radical (unpaired) electrons. The highest BCUT2D eigenvalue weighted by Gasteiger charge is 2.35. The molecule has 0 saturated heterocycles. The van der Waals surface area contributed by atoms with E-state index < -0.39 is 0 Å². The Balaban J connectivity index is 1.04. The second-order valence-corrected chi connectivity index (χ2v) is 12.7. The Hall–Kier alpha value is -6.13. The zero-order valence-electron chi connectivity index (χ0n) is 26.9. The molecule has 234 valence electrons. The third-order valence-electron chi connectivity index (χ3n) is 9.60. The monoisotopic (exact) mass is 631 g/mol. The van der Waals surface area contributed by atoms with Crippen LogP contribution >= 0.6 is 0 Å². The van der Waals surface area contributed by atoms with Crippen molar-refractivity contribution in [1.82, 2.24) is 15.0 Å². The average molecular weight is 632 g/mol. The zero-order valence-corrected chi connectivity index (χ0v) is 26.9. The Morgan fingerprint density at radius 3 is 1.88 bits per heavy atom. The minimum Gasteiger partial charge on any atom is -0.484 e. The van der Waals surface area contributed by atoms with Gasteiger partial charge < -0.3 is 4.74 Å². The van der Waals surface area contributed by atoms with Crippen LogP contribution in [-0.4, -0.2) is 21.1 Å². The number of fused-ring (bicyclic) bond motifs is 3. The standard InChI is InChI=1S/C45H33N3O/c1-4-11-30(12-5-1)32-19-23-34(24-20-32)38-17-10-18-40-39-28-27-37(29-41(39)49-42(38)40)45-47-43(35-15-8-3-9-16-35)46-44(48-45)36-25-21-33(22-26-36)31-13-6-2-7-14-31/h1-6,8-13,15-29,39,41H,7,14H2. The van der Waals surface area contributed by atoms with E-state index in [2.05, 4.69) is 127 Å². The lowest BCUT2D eigenvalue weighted by molar-refractivity contribution is 0.270. The highest BCUT2D eigenvalue weighted by molar-refractivity contribution is 5.80. The van der Waals surface area contributed by atoms with Gasteiger partial charge in [-0.1, -0.05) is 158 Å². The van der Waals surface area contributed by atoms with E-state index in [1.165, 1.54) is 27.8 Å². The van der Waals surface area contributed by atoms with Crippen molar-refractivity contribution in [1.29, 1.82) is 0 Å². The van der Waals surface area contributed by atoms with Crippen molar-refractivity contribution < 1.29 is 4.74 Å². The molecular weight excluding hydrogens is 599 g/mol. The highest BCUT2D eigenvalue weighted by atomic mass is 16.5. The summed E-state index contributed by atoms with van der Waals surface area (Å²) in [6.07, 6.45) is 15.1. The van der Waals surface area contributed by atoms with E-state index in [0.717, 1.165) is 46.4 Å². The maximum absolute atomic E-state index is 6.75. The second kappa shape index (κ2) is 12.5. The van der Waals surface area contributed by atoms with Crippen molar-refractivity contribution in [2.75, 3.05) is 0 Å². The summed E-state index contributed by atoms with van der Waals surface area (Å²) in [5, 5.41) is 0. The van der Waals surface area contributed by atoms with E-state index in [-0.39, 0.29) is 12.0 Å². The van der Waals surface area contributed by atoms with Crippen LogP contribution in [0.25, 0.3) is 56.2 Å². The molecule has 0 spiro atoms. The zero-order chi connectivity index (χ0) is 32.6. The molecule has 4 heteroatoms. The van der Waals surface area contributed by atoms with Crippen LogP contribution in [0.1, 0.15) is 35.7 Å². The summed E-state index contributed by atoms with van der Waals surface area (Å²) in [4.78, 5) is 15.0. The van der Waals surface area contributed by atoms with Gasteiger partial charge in [0, 0.05) is 33.7 Å². The molecule has 1 aromatic heterocycles. The predicted octanol–water partition coefficient (Wildman–Crippen LogP) is 10.8. The quantitative estimate of drug-likeness (QED) is 0.184. The molecule has 0 amide bonds. The number of para-hydroxylation sites is 1. The minimum absolute atomic E-state index is 0.119. The van der Waals surface area contributed by atoms with E-state index in [1.807, 2.05) is 36.4 Å². The van der Waals surface area contributed by atoms with E-state index in [9.17, 15) is 0 Å². The van der Waals surface area contributed by atoms with Crippen LogP contribution in [0.4, 0.5) is 0 Å². The molecule has 4 nitrogen and oxygen atoms in total. The molecule has 3 aliphatic rings. The fraction of sp³-hybridized carbons (Fsp3) is 0.0889. The number of aromatic nitrogens is 3. The van der Waals surface area contributed by atoms with Crippen molar-refractivity contribution in [3.05, 3.63) is 181 Å². The van der Waals surface area contributed by atoms with Gasteiger partial charge >= 0.3 is 0 Å². The Morgan fingerprint density at radius 2 is 1.16 bits per heavy atom. The fourth-order valence-corrected chi connectivity index (χ4v) is 7.00. The summed E-state index contributed by atoms with van der Waals surface area (Å²) in [6, 6.07) is 44.4. The Morgan fingerprint density at radius 1 is 0.551 bits per heavy atom. The summed E-state index contributed by atoms with van der Waals surface area (Å²) in [5.41, 5.74) is 11.3. The number of hydrogen-bond acceptors (Lipinski definition) is 4. The van der Waals surface area contributed by atoms with Crippen LogP contribution in [0.5, 0.6) is 5.75 Å². The maximum atomic E-state index is 6.75. The number of benzene rings is 5. The first-order chi connectivity index (χ1) is 24.3. The maximum Gasteiger partial charge on any atom is 0.164 e. The second-order valence-electron chi connectivity index (χ2n) is 12.7. The first-order valence-corrected chi connectivity index (χ1v) is 16.9. The van der Waals surface area contributed by atoms with E-state index in [0.29, 0.717) is 17.5 Å². The van der Waals surface area contributed by atoms with Crippen molar-refractivity contribution >= 4 is 11.1 Å². The van der Waals surface area contributed by atoms with Crippen molar-refractivity contribution in [2.45, 2.75) is 24.9 Å².